The highest BCUT2D eigenvalue weighted by Crippen LogP contribution is 2.41. The Morgan fingerprint density at radius 3 is 2.67 bits per heavy atom. The number of hydrogen-bond donors (Lipinski definition) is 1. The number of anilines is 1. The minimum atomic E-state index is -0.161. The van der Waals surface area contributed by atoms with Crippen LogP contribution in [0.2, 0.25) is 10.0 Å². The van der Waals surface area contributed by atoms with Crippen LogP contribution in [0, 0.1) is 6.92 Å². The molecule has 0 atom stereocenters. The van der Waals surface area contributed by atoms with Crippen LogP contribution in [0.4, 0.5) is 5.82 Å². The second-order valence-corrected chi connectivity index (χ2v) is 8.28. The molecule has 1 amide bonds. The first-order valence-corrected chi connectivity index (χ1v) is 10.4. The summed E-state index contributed by atoms with van der Waals surface area (Å²) < 4.78 is 3.59. The summed E-state index contributed by atoms with van der Waals surface area (Å²) in [6.07, 6.45) is 4.11. The molecule has 1 saturated carbocycles. The molecule has 1 aliphatic carbocycles. The van der Waals surface area contributed by atoms with Crippen molar-refractivity contribution in [2.24, 2.45) is 0 Å². The zero-order chi connectivity index (χ0) is 21.0. The maximum atomic E-state index is 11.8. The molecule has 0 spiro atoms. The number of aryl methyl sites for hydroxylation is 1. The van der Waals surface area contributed by atoms with Crippen molar-refractivity contribution < 1.29 is 4.79 Å². The van der Waals surface area contributed by atoms with Gasteiger partial charge in [-0.1, -0.05) is 23.2 Å². The van der Waals surface area contributed by atoms with Gasteiger partial charge in [-0.05, 0) is 44.0 Å². The molecule has 0 aliphatic heterocycles. The summed E-state index contributed by atoms with van der Waals surface area (Å²) in [5.41, 5.74) is 2.42. The van der Waals surface area contributed by atoms with E-state index in [-0.39, 0.29) is 5.91 Å². The van der Waals surface area contributed by atoms with E-state index >= 15 is 0 Å². The van der Waals surface area contributed by atoms with Gasteiger partial charge >= 0.3 is 0 Å². The molecule has 0 bridgehead atoms. The molecule has 9 heteroatoms. The van der Waals surface area contributed by atoms with Crippen molar-refractivity contribution >= 4 is 46.0 Å². The van der Waals surface area contributed by atoms with Crippen LogP contribution in [-0.2, 0) is 4.79 Å². The van der Waals surface area contributed by atoms with Gasteiger partial charge in [0.25, 0.3) is 0 Å². The zero-order valence-corrected chi connectivity index (χ0v) is 17.9. The van der Waals surface area contributed by atoms with Crippen molar-refractivity contribution in [3.8, 4) is 11.5 Å². The standard InChI is InChI=1S/C21H18Cl2N6O/c1-11-24-20-15(7-8-28(20)18-6-5-14(22)9-16(18)23)21(25-11)29-19(26-12(2)30)10-17(27-29)13-3-4-13/h5-10,13H,3-4H2,1-2H3,(H,26,30). The monoisotopic (exact) mass is 440 g/mol. The highest BCUT2D eigenvalue weighted by atomic mass is 35.5. The summed E-state index contributed by atoms with van der Waals surface area (Å²) >= 11 is 12.5. The molecule has 1 fully saturated rings. The predicted octanol–water partition coefficient (Wildman–Crippen LogP) is 5.06. The van der Waals surface area contributed by atoms with E-state index < -0.39 is 0 Å². The predicted molar refractivity (Wildman–Crippen MR) is 117 cm³/mol. The fourth-order valence-electron chi connectivity index (χ4n) is 3.55. The third-order valence-corrected chi connectivity index (χ3v) is 5.57. The maximum Gasteiger partial charge on any atom is 0.222 e. The van der Waals surface area contributed by atoms with E-state index in [9.17, 15) is 4.79 Å². The van der Waals surface area contributed by atoms with E-state index in [0.29, 0.717) is 39.1 Å². The second-order valence-electron chi connectivity index (χ2n) is 7.43. The van der Waals surface area contributed by atoms with E-state index in [1.807, 2.05) is 35.9 Å². The van der Waals surface area contributed by atoms with Gasteiger partial charge in [0.05, 0.1) is 21.8 Å². The quantitative estimate of drug-likeness (QED) is 0.481. The number of carbonyl (C=O) groups excluding carboxylic acids is 1. The van der Waals surface area contributed by atoms with Gasteiger partial charge in [0.1, 0.15) is 17.3 Å². The van der Waals surface area contributed by atoms with E-state index in [1.54, 1.807) is 16.8 Å². The Morgan fingerprint density at radius 2 is 1.97 bits per heavy atom. The second kappa shape index (κ2) is 7.11. The highest BCUT2D eigenvalue weighted by molar-refractivity contribution is 6.35. The minimum Gasteiger partial charge on any atom is -0.311 e. The first-order chi connectivity index (χ1) is 14.4. The van der Waals surface area contributed by atoms with Crippen LogP contribution in [0.1, 0.15) is 37.2 Å². The Hall–Kier alpha value is -2.90. The number of benzene rings is 1. The number of carbonyl (C=O) groups is 1. The molecular formula is C21H18Cl2N6O. The van der Waals surface area contributed by atoms with Crippen molar-refractivity contribution in [3.63, 3.8) is 0 Å². The molecule has 7 nitrogen and oxygen atoms in total. The summed E-state index contributed by atoms with van der Waals surface area (Å²) in [5, 5.41) is 9.51. The molecule has 5 rings (SSSR count). The summed E-state index contributed by atoms with van der Waals surface area (Å²) in [6.45, 7) is 3.31. The smallest absolute Gasteiger partial charge is 0.222 e. The lowest BCUT2D eigenvalue weighted by molar-refractivity contribution is -0.114. The van der Waals surface area contributed by atoms with Gasteiger partial charge in [-0.3, -0.25) is 9.36 Å². The van der Waals surface area contributed by atoms with Crippen molar-refractivity contribution in [1.29, 1.82) is 0 Å². The van der Waals surface area contributed by atoms with Crippen LogP contribution in [0.3, 0.4) is 0 Å². The number of rotatable bonds is 4. The van der Waals surface area contributed by atoms with Crippen LogP contribution in [0.25, 0.3) is 22.5 Å². The number of nitrogens with one attached hydrogen (secondary N) is 1. The van der Waals surface area contributed by atoms with Crippen molar-refractivity contribution in [1.82, 2.24) is 24.3 Å². The lowest BCUT2D eigenvalue weighted by Crippen LogP contribution is -2.13. The zero-order valence-electron chi connectivity index (χ0n) is 16.4. The summed E-state index contributed by atoms with van der Waals surface area (Å²) in [6, 6.07) is 9.18. The van der Waals surface area contributed by atoms with E-state index in [1.165, 1.54) is 6.92 Å². The van der Waals surface area contributed by atoms with Crippen LogP contribution in [0.15, 0.2) is 36.5 Å². The van der Waals surface area contributed by atoms with Crippen molar-refractivity contribution in [2.45, 2.75) is 32.6 Å². The molecule has 152 valence electrons. The normalized spacial score (nSPS) is 13.7. The van der Waals surface area contributed by atoms with Crippen molar-refractivity contribution in [2.75, 3.05) is 5.32 Å². The number of hydrogen-bond acceptors (Lipinski definition) is 4. The molecule has 1 N–H and O–H groups in total. The molecule has 0 saturated heterocycles. The fourth-order valence-corrected chi connectivity index (χ4v) is 4.05. The molecule has 0 radical (unpaired) electrons. The van der Waals surface area contributed by atoms with Gasteiger partial charge < -0.3 is 5.32 Å². The molecular weight excluding hydrogens is 423 g/mol. The van der Waals surface area contributed by atoms with Crippen LogP contribution < -0.4 is 5.32 Å². The Morgan fingerprint density at radius 1 is 1.17 bits per heavy atom. The summed E-state index contributed by atoms with van der Waals surface area (Å²) in [7, 11) is 0. The maximum absolute atomic E-state index is 11.8. The third kappa shape index (κ3) is 3.34. The van der Waals surface area contributed by atoms with Gasteiger partial charge in [-0.15, -0.1) is 0 Å². The third-order valence-electron chi connectivity index (χ3n) is 5.03. The molecule has 4 aromatic rings. The SMILES string of the molecule is CC(=O)Nc1cc(C2CC2)nn1-c1nc(C)nc2c1ccn2-c1ccc(Cl)cc1Cl. The average molecular weight is 441 g/mol. The summed E-state index contributed by atoms with van der Waals surface area (Å²) in [4.78, 5) is 21.0. The van der Waals surface area contributed by atoms with E-state index in [0.717, 1.165) is 29.6 Å². The van der Waals surface area contributed by atoms with Gasteiger partial charge in [0, 0.05) is 30.1 Å². The number of fused-ring (bicyclic) bond motifs is 1. The van der Waals surface area contributed by atoms with Crippen LogP contribution in [0.5, 0.6) is 0 Å². The molecule has 30 heavy (non-hydrogen) atoms. The van der Waals surface area contributed by atoms with E-state index in [4.69, 9.17) is 28.3 Å². The van der Waals surface area contributed by atoms with Gasteiger partial charge in [-0.25, -0.2) is 9.97 Å². The highest BCUT2D eigenvalue weighted by Gasteiger charge is 2.28. The Balaban J connectivity index is 1.72. The Kier molecular flexibility index (Phi) is 4.52. The average Bonchev–Trinajstić information content (AvgIpc) is 3.32. The molecule has 1 aliphatic rings. The molecule has 3 heterocycles. The fraction of sp³-hybridized carbons (Fsp3) is 0.238. The molecule has 3 aromatic heterocycles. The van der Waals surface area contributed by atoms with Crippen LogP contribution in [-0.4, -0.2) is 30.2 Å². The lowest BCUT2D eigenvalue weighted by atomic mass is 10.3. The lowest BCUT2D eigenvalue weighted by Gasteiger charge is -2.11. The summed E-state index contributed by atoms with van der Waals surface area (Å²) in [5.74, 6) is 2.07. The number of amides is 1. The molecule has 0 unspecified atom stereocenters. The van der Waals surface area contributed by atoms with Gasteiger partial charge in [-0.2, -0.15) is 9.78 Å². The number of aromatic nitrogens is 5. The number of halogens is 2. The largest absolute Gasteiger partial charge is 0.311 e. The van der Waals surface area contributed by atoms with Gasteiger partial charge in [0.15, 0.2) is 5.82 Å². The van der Waals surface area contributed by atoms with Crippen LogP contribution >= 0.6 is 23.2 Å². The van der Waals surface area contributed by atoms with E-state index in [2.05, 4.69) is 15.3 Å². The topological polar surface area (TPSA) is 77.6 Å². The van der Waals surface area contributed by atoms with Gasteiger partial charge in [0.2, 0.25) is 5.91 Å². The Labute approximate surface area is 182 Å². The number of nitrogens with zero attached hydrogens (tertiary/aromatic N) is 5. The first-order valence-electron chi connectivity index (χ1n) is 9.60. The molecule has 1 aromatic carbocycles. The Bertz CT molecular complexity index is 1300. The minimum absolute atomic E-state index is 0.161. The first kappa shape index (κ1) is 19.1. The van der Waals surface area contributed by atoms with Crippen molar-refractivity contribution in [3.05, 3.63) is 58.1 Å².